The standard InChI is InChI=1S/C17H24N4O3/c22-15-14(7-5-8-18-15)16(23)19-13-6-1-2-11-21(12-13)17(24)20-9-3-4-10-20/h5,7-8,13H,1-4,6,9-12H2,(H,18,22)(H,19,23)/t13-/m1/s1. The Bertz CT molecular complexity index is 651. The van der Waals surface area contributed by atoms with E-state index in [1.54, 1.807) is 6.07 Å². The van der Waals surface area contributed by atoms with Crippen LogP contribution in [0.2, 0.25) is 0 Å². The maximum atomic E-state index is 12.6. The molecule has 0 aromatic carbocycles. The van der Waals surface area contributed by atoms with Gasteiger partial charge in [-0.05, 0) is 44.2 Å². The fourth-order valence-electron chi connectivity index (χ4n) is 3.41. The Morgan fingerprint density at radius 1 is 1.08 bits per heavy atom. The van der Waals surface area contributed by atoms with Gasteiger partial charge < -0.3 is 20.1 Å². The number of rotatable bonds is 2. The van der Waals surface area contributed by atoms with E-state index in [-0.39, 0.29) is 23.5 Å². The number of likely N-dealkylation sites (tertiary alicyclic amines) is 2. The highest BCUT2D eigenvalue weighted by atomic mass is 16.2. The molecule has 2 N–H and O–H groups in total. The topological polar surface area (TPSA) is 85.5 Å². The molecule has 2 saturated heterocycles. The molecule has 2 aliphatic rings. The zero-order chi connectivity index (χ0) is 16.9. The van der Waals surface area contributed by atoms with Crippen molar-refractivity contribution in [3.8, 4) is 0 Å². The summed E-state index contributed by atoms with van der Waals surface area (Å²) in [6.07, 6.45) is 6.35. The van der Waals surface area contributed by atoms with Crippen LogP contribution in [0.4, 0.5) is 4.79 Å². The molecule has 0 radical (unpaired) electrons. The number of nitrogens with zero attached hydrogens (tertiary/aromatic N) is 2. The minimum absolute atomic E-state index is 0.0752. The third kappa shape index (κ3) is 3.77. The van der Waals surface area contributed by atoms with E-state index in [0.29, 0.717) is 6.54 Å². The number of pyridine rings is 1. The van der Waals surface area contributed by atoms with Crippen LogP contribution in [0.5, 0.6) is 0 Å². The van der Waals surface area contributed by atoms with Crippen molar-refractivity contribution in [3.63, 3.8) is 0 Å². The summed E-state index contributed by atoms with van der Waals surface area (Å²) in [5, 5.41) is 2.92. The quantitative estimate of drug-likeness (QED) is 0.852. The molecule has 24 heavy (non-hydrogen) atoms. The summed E-state index contributed by atoms with van der Waals surface area (Å²) in [5.41, 5.74) is -0.284. The molecule has 7 nitrogen and oxygen atoms in total. The zero-order valence-electron chi connectivity index (χ0n) is 13.8. The Morgan fingerprint density at radius 3 is 2.54 bits per heavy atom. The first-order chi connectivity index (χ1) is 11.6. The summed E-state index contributed by atoms with van der Waals surface area (Å²) in [4.78, 5) is 42.9. The van der Waals surface area contributed by atoms with Crippen molar-refractivity contribution >= 4 is 11.9 Å². The molecule has 3 heterocycles. The van der Waals surface area contributed by atoms with E-state index in [1.807, 2.05) is 9.80 Å². The van der Waals surface area contributed by atoms with E-state index >= 15 is 0 Å². The number of carbonyl (C=O) groups excluding carboxylic acids is 2. The first-order valence-electron chi connectivity index (χ1n) is 8.67. The minimum Gasteiger partial charge on any atom is -0.347 e. The molecular weight excluding hydrogens is 308 g/mol. The molecule has 0 aliphatic carbocycles. The monoisotopic (exact) mass is 332 g/mol. The second-order valence-electron chi connectivity index (χ2n) is 6.50. The number of aromatic nitrogens is 1. The Hall–Kier alpha value is -2.31. The van der Waals surface area contributed by atoms with Crippen LogP contribution in [0.3, 0.4) is 0 Å². The van der Waals surface area contributed by atoms with Crippen molar-refractivity contribution in [3.05, 3.63) is 34.2 Å². The molecule has 130 valence electrons. The van der Waals surface area contributed by atoms with E-state index in [0.717, 1.165) is 51.7 Å². The largest absolute Gasteiger partial charge is 0.347 e. The number of H-pyrrole nitrogens is 1. The Balaban J connectivity index is 1.64. The van der Waals surface area contributed by atoms with Crippen molar-refractivity contribution in [2.45, 2.75) is 38.1 Å². The molecule has 0 bridgehead atoms. The second kappa shape index (κ2) is 7.51. The summed E-state index contributed by atoms with van der Waals surface area (Å²) < 4.78 is 0. The number of nitrogens with one attached hydrogen (secondary N) is 2. The van der Waals surface area contributed by atoms with Gasteiger partial charge in [0.25, 0.3) is 11.5 Å². The van der Waals surface area contributed by atoms with Crippen molar-refractivity contribution in [1.29, 1.82) is 0 Å². The summed E-state index contributed by atoms with van der Waals surface area (Å²) in [7, 11) is 0. The molecule has 7 heteroatoms. The van der Waals surface area contributed by atoms with Gasteiger partial charge in [-0.1, -0.05) is 0 Å². The smallest absolute Gasteiger partial charge is 0.320 e. The molecule has 0 unspecified atom stereocenters. The normalized spacial score (nSPS) is 21.4. The molecule has 3 rings (SSSR count). The van der Waals surface area contributed by atoms with Gasteiger partial charge in [-0.25, -0.2) is 4.79 Å². The SMILES string of the molecule is O=C(N[C@@H]1CCCCN(C(=O)N2CCCC2)C1)c1ccc[nH]c1=O. The van der Waals surface area contributed by atoms with Gasteiger partial charge in [0.15, 0.2) is 0 Å². The summed E-state index contributed by atoms with van der Waals surface area (Å²) in [6.45, 7) is 2.89. The number of hydrogen-bond donors (Lipinski definition) is 2. The van der Waals surface area contributed by atoms with Gasteiger partial charge in [0.2, 0.25) is 0 Å². The van der Waals surface area contributed by atoms with E-state index in [4.69, 9.17) is 0 Å². The lowest BCUT2D eigenvalue weighted by atomic mass is 10.1. The summed E-state index contributed by atoms with van der Waals surface area (Å²) in [6, 6.07) is 3.10. The van der Waals surface area contributed by atoms with Crippen LogP contribution in [-0.2, 0) is 0 Å². The van der Waals surface area contributed by atoms with E-state index in [2.05, 4.69) is 10.3 Å². The van der Waals surface area contributed by atoms with Crippen LogP contribution in [0.15, 0.2) is 23.1 Å². The van der Waals surface area contributed by atoms with Gasteiger partial charge in [0, 0.05) is 38.4 Å². The first kappa shape index (κ1) is 16.5. The highest BCUT2D eigenvalue weighted by Gasteiger charge is 2.28. The van der Waals surface area contributed by atoms with Gasteiger partial charge in [-0.15, -0.1) is 0 Å². The lowest BCUT2D eigenvalue weighted by Gasteiger charge is -2.29. The predicted molar refractivity (Wildman–Crippen MR) is 89.9 cm³/mol. The number of carbonyl (C=O) groups is 2. The van der Waals surface area contributed by atoms with E-state index in [9.17, 15) is 14.4 Å². The van der Waals surface area contributed by atoms with Crippen molar-refractivity contribution in [2.75, 3.05) is 26.2 Å². The molecule has 1 aromatic rings. The molecular formula is C17H24N4O3. The Kier molecular flexibility index (Phi) is 5.17. The van der Waals surface area contributed by atoms with Crippen molar-refractivity contribution < 1.29 is 9.59 Å². The van der Waals surface area contributed by atoms with E-state index in [1.165, 1.54) is 12.3 Å². The van der Waals surface area contributed by atoms with Crippen molar-refractivity contribution in [1.82, 2.24) is 20.1 Å². The fourth-order valence-corrected chi connectivity index (χ4v) is 3.41. The number of hydrogen-bond acceptors (Lipinski definition) is 3. The lowest BCUT2D eigenvalue weighted by molar-refractivity contribution is 0.0923. The third-order valence-corrected chi connectivity index (χ3v) is 4.72. The van der Waals surface area contributed by atoms with Crippen LogP contribution in [-0.4, -0.2) is 58.9 Å². The highest BCUT2D eigenvalue weighted by Crippen LogP contribution is 2.16. The highest BCUT2D eigenvalue weighted by molar-refractivity contribution is 5.94. The molecule has 0 spiro atoms. The predicted octanol–water partition coefficient (Wildman–Crippen LogP) is 1.18. The summed E-state index contributed by atoms with van der Waals surface area (Å²) >= 11 is 0. The summed E-state index contributed by atoms with van der Waals surface area (Å²) in [5.74, 6) is -0.377. The van der Waals surface area contributed by atoms with Crippen LogP contribution in [0.25, 0.3) is 0 Å². The van der Waals surface area contributed by atoms with Crippen LogP contribution in [0, 0.1) is 0 Å². The van der Waals surface area contributed by atoms with Gasteiger partial charge in [-0.2, -0.15) is 0 Å². The lowest BCUT2D eigenvalue weighted by Crippen LogP contribution is -2.49. The van der Waals surface area contributed by atoms with Crippen molar-refractivity contribution in [2.24, 2.45) is 0 Å². The Morgan fingerprint density at radius 2 is 1.79 bits per heavy atom. The minimum atomic E-state index is -0.395. The third-order valence-electron chi connectivity index (χ3n) is 4.72. The van der Waals surface area contributed by atoms with Gasteiger partial charge >= 0.3 is 6.03 Å². The average molecular weight is 332 g/mol. The maximum Gasteiger partial charge on any atom is 0.320 e. The molecule has 0 saturated carbocycles. The van der Waals surface area contributed by atoms with Crippen LogP contribution in [0.1, 0.15) is 42.5 Å². The van der Waals surface area contributed by atoms with Gasteiger partial charge in [0.1, 0.15) is 5.56 Å². The fraction of sp³-hybridized carbons (Fsp3) is 0.588. The zero-order valence-corrected chi connectivity index (χ0v) is 13.8. The number of urea groups is 1. The van der Waals surface area contributed by atoms with Gasteiger partial charge in [0.05, 0.1) is 0 Å². The molecule has 1 aromatic heterocycles. The van der Waals surface area contributed by atoms with Gasteiger partial charge in [-0.3, -0.25) is 9.59 Å². The average Bonchev–Trinajstić information content (AvgIpc) is 3.02. The van der Waals surface area contributed by atoms with Crippen LogP contribution >= 0.6 is 0 Å². The molecule has 1 atom stereocenters. The van der Waals surface area contributed by atoms with E-state index < -0.39 is 5.56 Å². The maximum absolute atomic E-state index is 12.6. The number of amides is 3. The first-order valence-corrected chi connectivity index (χ1v) is 8.67. The Labute approximate surface area is 141 Å². The molecule has 2 aliphatic heterocycles. The van der Waals surface area contributed by atoms with Crippen LogP contribution < -0.4 is 10.9 Å². The number of aromatic amines is 1. The molecule has 3 amide bonds. The second-order valence-corrected chi connectivity index (χ2v) is 6.50. The molecule has 2 fully saturated rings.